The first-order valence-electron chi connectivity index (χ1n) is 13.2. The molecule has 0 aromatic heterocycles. The van der Waals surface area contributed by atoms with E-state index in [-0.39, 0.29) is 6.10 Å². The Kier molecular flexibility index (Phi) is 19.8. The number of carbonyl (C=O) groups excluding carboxylic acids is 1. The third-order valence-electron chi connectivity index (χ3n) is 5.81. The molecule has 1 rings (SSSR count). The lowest BCUT2D eigenvalue weighted by atomic mass is 10.1. The highest BCUT2D eigenvalue weighted by atomic mass is 16.8. The largest absolute Gasteiger partial charge is 0.509 e. The molecule has 1 saturated heterocycles. The smallest absolute Gasteiger partial charge is 0.430 e. The van der Waals surface area contributed by atoms with Crippen molar-refractivity contribution in [2.45, 2.75) is 122 Å². The van der Waals surface area contributed by atoms with Crippen molar-refractivity contribution in [1.29, 1.82) is 0 Å². The topological polar surface area (TPSA) is 35.5 Å². The van der Waals surface area contributed by atoms with E-state index in [0.29, 0.717) is 6.61 Å². The van der Waals surface area contributed by atoms with Crippen LogP contribution in [0.3, 0.4) is 0 Å². The summed E-state index contributed by atoms with van der Waals surface area (Å²) in [5, 5.41) is 0. The fraction of sp³-hybridized carbons (Fsp3) is 0.690. The molecule has 0 spiro atoms. The SMILES string of the molecule is C=CCCCCCCC=CCCCCCCC=CCCCCCCC=CC1COC(=O)O1. The summed E-state index contributed by atoms with van der Waals surface area (Å²) in [4.78, 5) is 10.8. The number of allylic oxidation sites excluding steroid dienone is 6. The molecule has 0 N–H and O–H groups in total. The summed E-state index contributed by atoms with van der Waals surface area (Å²) < 4.78 is 9.70. The molecule has 0 aromatic carbocycles. The van der Waals surface area contributed by atoms with Gasteiger partial charge < -0.3 is 9.47 Å². The molecular formula is C29H48O3. The molecule has 0 amide bonds. The van der Waals surface area contributed by atoms with Crippen molar-refractivity contribution in [2.24, 2.45) is 0 Å². The third-order valence-corrected chi connectivity index (χ3v) is 5.81. The highest BCUT2D eigenvalue weighted by Gasteiger charge is 2.21. The van der Waals surface area contributed by atoms with E-state index in [1.54, 1.807) is 0 Å². The van der Waals surface area contributed by atoms with Gasteiger partial charge in [-0.15, -0.1) is 6.58 Å². The van der Waals surface area contributed by atoms with E-state index < -0.39 is 6.16 Å². The summed E-state index contributed by atoms with van der Waals surface area (Å²) in [5.74, 6) is 0. The molecule has 182 valence electrons. The van der Waals surface area contributed by atoms with E-state index in [1.807, 2.05) is 12.2 Å². The molecule has 1 fully saturated rings. The van der Waals surface area contributed by atoms with Crippen LogP contribution in [0.5, 0.6) is 0 Å². The molecule has 0 aromatic rings. The zero-order chi connectivity index (χ0) is 23.0. The molecule has 0 saturated carbocycles. The summed E-state index contributed by atoms with van der Waals surface area (Å²) >= 11 is 0. The molecule has 1 aliphatic heterocycles. The summed E-state index contributed by atoms with van der Waals surface area (Å²) in [6, 6.07) is 0. The number of hydrogen-bond donors (Lipinski definition) is 0. The van der Waals surface area contributed by atoms with Crippen LogP contribution in [0.25, 0.3) is 0 Å². The highest BCUT2D eigenvalue weighted by Crippen LogP contribution is 2.11. The first-order valence-corrected chi connectivity index (χ1v) is 13.2. The van der Waals surface area contributed by atoms with Gasteiger partial charge in [-0.2, -0.15) is 0 Å². The predicted octanol–water partition coefficient (Wildman–Crippen LogP) is 9.40. The zero-order valence-electron chi connectivity index (χ0n) is 20.5. The number of ether oxygens (including phenoxy) is 2. The second-order valence-corrected chi connectivity index (χ2v) is 8.85. The van der Waals surface area contributed by atoms with Gasteiger partial charge in [-0.25, -0.2) is 4.79 Å². The van der Waals surface area contributed by atoms with Crippen molar-refractivity contribution in [1.82, 2.24) is 0 Å². The second-order valence-electron chi connectivity index (χ2n) is 8.85. The van der Waals surface area contributed by atoms with Crippen LogP contribution in [0.1, 0.15) is 116 Å². The molecule has 1 aliphatic rings. The average Bonchev–Trinajstić information content (AvgIpc) is 3.21. The maximum atomic E-state index is 10.8. The van der Waals surface area contributed by atoms with Crippen LogP contribution in [-0.4, -0.2) is 18.9 Å². The Morgan fingerprint density at radius 2 is 1.03 bits per heavy atom. The fourth-order valence-corrected chi connectivity index (χ4v) is 3.82. The van der Waals surface area contributed by atoms with E-state index in [9.17, 15) is 4.79 Å². The lowest BCUT2D eigenvalue weighted by molar-refractivity contribution is 0.125. The van der Waals surface area contributed by atoms with Gasteiger partial charge in [0.1, 0.15) is 6.61 Å². The van der Waals surface area contributed by atoms with Gasteiger partial charge in [-0.3, -0.25) is 0 Å². The molecular weight excluding hydrogens is 396 g/mol. The first-order chi connectivity index (χ1) is 15.8. The predicted molar refractivity (Wildman–Crippen MR) is 137 cm³/mol. The Morgan fingerprint density at radius 1 is 0.625 bits per heavy atom. The van der Waals surface area contributed by atoms with E-state index in [4.69, 9.17) is 9.47 Å². The van der Waals surface area contributed by atoms with Crippen LogP contribution in [0.15, 0.2) is 49.1 Å². The zero-order valence-corrected chi connectivity index (χ0v) is 20.5. The number of carbonyl (C=O) groups is 1. The summed E-state index contributed by atoms with van der Waals surface area (Å²) in [7, 11) is 0. The Labute approximate surface area is 198 Å². The standard InChI is InChI=1S/C29H48O3/c1-2-3-4-5-6-7-8-9-10-11-12-13-14-15-16-17-18-19-20-21-22-23-24-25-26-28-27-31-29(30)32-28/h2,9-10,17-18,25-26,28H,1,3-8,11-16,19-24,27H2. The summed E-state index contributed by atoms with van der Waals surface area (Å²) in [6.45, 7) is 4.13. The molecule has 1 heterocycles. The lowest BCUT2D eigenvalue weighted by Crippen LogP contribution is -2.04. The molecule has 0 radical (unpaired) electrons. The minimum absolute atomic E-state index is 0.179. The Bertz CT molecular complexity index is 533. The first kappa shape index (κ1) is 28.3. The van der Waals surface area contributed by atoms with Crippen LogP contribution in [0.2, 0.25) is 0 Å². The quantitative estimate of drug-likeness (QED) is 0.0947. The van der Waals surface area contributed by atoms with Gasteiger partial charge >= 0.3 is 6.16 Å². The minimum Gasteiger partial charge on any atom is -0.430 e. The molecule has 0 bridgehead atoms. The molecule has 32 heavy (non-hydrogen) atoms. The Morgan fingerprint density at radius 3 is 1.41 bits per heavy atom. The van der Waals surface area contributed by atoms with Crippen LogP contribution in [0.4, 0.5) is 4.79 Å². The van der Waals surface area contributed by atoms with Gasteiger partial charge in [0.2, 0.25) is 0 Å². The number of rotatable bonds is 22. The summed E-state index contributed by atoms with van der Waals surface area (Å²) in [5.41, 5.74) is 0. The van der Waals surface area contributed by atoms with Gasteiger partial charge in [0, 0.05) is 0 Å². The van der Waals surface area contributed by atoms with Crippen molar-refractivity contribution >= 4 is 6.16 Å². The monoisotopic (exact) mass is 444 g/mol. The van der Waals surface area contributed by atoms with Gasteiger partial charge in [0.25, 0.3) is 0 Å². The van der Waals surface area contributed by atoms with Gasteiger partial charge in [0.15, 0.2) is 6.10 Å². The van der Waals surface area contributed by atoms with Crippen LogP contribution in [-0.2, 0) is 9.47 Å². The maximum Gasteiger partial charge on any atom is 0.509 e. The summed E-state index contributed by atoms with van der Waals surface area (Å²) in [6.07, 6.45) is 37.9. The van der Waals surface area contributed by atoms with Crippen molar-refractivity contribution in [2.75, 3.05) is 6.61 Å². The molecule has 3 heteroatoms. The van der Waals surface area contributed by atoms with Crippen LogP contribution in [0, 0.1) is 0 Å². The Balaban J connectivity index is 1.73. The van der Waals surface area contributed by atoms with E-state index in [0.717, 1.165) is 6.42 Å². The highest BCUT2D eigenvalue weighted by molar-refractivity contribution is 5.62. The van der Waals surface area contributed by atoms with Crippen molar-refractivity contribution in [3.63, 3.8) is 0 Å². The molecule has 0 aliphatic carbocycles. The van der Waals surface area contributed by atoms with E-state index in [1.165, 1.54) is 109 Å². The van der Waals surface area contributed by atoms with Crippen molar-refractivity contribution in [3.05, 3.63) is 49.1 Å². The van der Waals surface area contributed by atoms with Crippen molar-refractivity contribution < 1.29 is 14.3 Å². The lowest BCUT2D eigenvalue weighted by Gasteiger charge is -1.99. The number of cyclic esters (lactones) is 2. The average molecular weight is 445 g/mol. The van der Waals surface area contributed by atoms with Crippen molar-refractivity contribution in [3.8, 4) is 0 Å². The van der Waals surface area contributed by atoms with Gasteiger partial charge in [0.05, 0.1) is 0 Å². The fourth-order valence-electron chi connectivity index (χ4n) is 3.82. The number of hydrogen-bond acceptors (Lipinski definition) is 3. The van der Waals surface area contributed by atoms with Crippen LogP contribution < -0.4 is 0 Å². The second kappa shape index (κ2) is 22.4. The minimum atomic E-state index is -0.549. The molecule has 3 nitrogen and oxygen atoms in total. The van der Waals surface area contributed by atoms with Gasteiger partial charge in [-0.1, -0.05) is 75.0 Å². The Hall–Kier alpha value is -1.77. The van der Waals surface area contributed by atoms with E-state index >= 15 is 0 Å². The van der Waals surface area contributed by atoms with E-state index in [2.05, 4.69) is 37.0 Å². The molecule has 1 atom stereocenters. The maximum absolute atomic E-state index is 10.8. The normalized spacial score (nSPS) is 16.4. The number of unbranched alkanes of at least 4 members (excludes halogenated alkanes) is 15. The van der Waals surface area contributed by atoms with Gasteiger partial charge in [-0.05, 0) is 83.1 Å². The van der Waals surface area contributed by atoms with Crippen LogP contribution >= 0.6 is 0 Å². The molecule has 1 unspecified atom stereocenters. The third kappa shape index (κ3) is 19.0.